The Bertz CT molecular complexity index is 404. The molecule has 2 heterocycles. The van der Waals surface area contributed by atoms with Crippen molar-refractivity contribution in [2.75, 3.05) is 7.05 Å². The van der Waals surface area contributed by atoms with Crippen molar-refractivity contribution in [1.29, 1.82) is 0 Å². The fraction of sp³-hybridized carbons (Fsp3) is 0.583. The number of nitrogens with one attached hydrogen (secondary N) is 1. The summed E-state index contributed by atoms with van der Waals surface area (Å²) in [7, 11) is 1.92. The van der Waals surface area contributed by atoms with Gasteiger partial charge in [-0.2, -0.15) is 0 Å². The Kier molecular flexibility index (Phi) is 2.23. The number of hydrogen-bond donors (Lipinski definition) is 1. The molecule has 0 saturated carbocycles. The van der Waals surface area contributed by atoms with Crippen LogP contribution in [0, 0.1) is 12.3 Å². The first-order chi connectivity index (χ1) is 6.98. The fourth-order valence-electron chi connectivity index (χ4n) is 2.36. The highest BCUT2D eigenvalue weighted by molar-refractivity contribution is 6.00. The number of hydrogen-bond acceptors (Lipinski definition) is 2. The molecule has 0 saturated heterocycles. The molecular weight excluding hydrogens is 188 g/mol. The van der Waals surface area contributed by atoms with Gasteiger partial charge in [-0.05, 0) is 26.1 Å². The highest BCUT2D eigenvalue weighted by atomic mass is 16.1. The maximum absolute atomic E-state index is 12.3. The van der Waals surface area contributed by atoms with Gasteiger partial charge in [-0.15, -0.1) is 0 Å². The maximum Gasteiger partial charge on any atom is 0.186 e. The van der Waals surface area contributed by atoms with Crippen LogP contribution in [0.1, 0.15) is 30.0 Å². The van der Waals surface area contributed by atoms with Crippen molar-refractivity contribution < 1.29 is 4.79 Å². The molecule has 1 aliphatic heterocycles. The zero-order chi connectivity index (χ0) is 11.2. The second-order valence-corrected chi connectivity index (χ2v) is 4.86. The predicted molar refractivity (Wildman–Crippen MR) is 60.1 cm³/mol. The Morgan fingerprint density at radius 3 is 2.73 bits per heavy atom. The molecule has 1 unspecified atom stereocenters. The number of carbonyl (C=O) groups is 1. The van der Waals surface area contributed by atoms with Gasteiger partial charge >= 0.3 is 0 Å². The van der Waals surface area contributed by atoms with Crippen molar-refractivity contribution in [2.45, 2.75) is 33.4 Å². The van der Waals surface area contributed by atoms with Crippen LogP contribution in [0.2, 0.25) is 0 Å². The first kappa shape index (κ1) is 10.4. The third-order valence-corrected chi connectivity index (χ3v) is 3.60. The lowest BCUT2D eigenvalue weighted by atomic mass is 9.76. The smallest absolute Gasteiger partial charge is 0.186 e. The summed E-state index contributed by atoms with van der Waals surface area (Å²) >= 11 is 0. The van der Waals surface area contributed by atoms with Crippen molar-refractivity contribution in [3.05, 3.63) is 23.5 Å². The van der Waals surface area contributed by atoms with Crippen molar-refractivity contribution in [3.63, 3.8) is 0 Å². The molecule has 0 spiro atoms. The first-order valence-corrected chi connectivity index (χ1v) is 5.36. The number of rotatable bonds is 1. The van der Waals surface area contributed by atoms with Crippen molar-refractivity contribution >= 4 is 5.78 Å². The van der Waals surface area contributed by atoms with E-state index in [1.165, 1.54) is 0 Å². The molecule has 1 aromatic rings. The highest BCUT2D eigenvalue weighted by Crippen LogP contribution is 2.32. The maximum atomic E-state index is 12.3. The molecule has 0 aromatic carbocycles. The SMILES string of the molecule is CNC1Cn2c(C)ccc2C(=O)C1(C)C. The predicted octanol–water partition coefficient (Wildman–Crippen LogP) is 1.61. The Balaban J connectivity index is 2.52. The summed E-state index contributed by atoms with van der Waals surface area (Å²) in [6.45, 7) is 6.95. The van der Waals surface area contributed by atoms with E-state index in [-0.39, 0.29) is 17.2 Å². The van der Waals surface area contributed by atoms with E-state index in [0.29, 0.717) is 0 Å². The molecule has 1 N–H and O–H groups in total. The summed E-state index contributed by atoms with van der Waals surface area (Å²) in [4.78, 5) is 12.3. The van der Waals surface area contributed by atoms with Crippen LogP contribution in [0.3, 0.4) is 0 Å². The van der Waals surface area contributed by atoms with Crippen LogP contribution in [0.4, 0.5) is 0 Å². The lowest BCUT2D eigenvalue weighted by molar-refractivity contribution is 0.0714. The van der Waals surface area contributed by atoms with Crippen LogP contribution in [-0.2, 0) is 6.54 Å². The molecule has 0 amide bonds. The second kappa shape index (κ2) is 3.20. The van der Waals surface area contributed by atoms with E-state index in [9.17, 15) is 4.79 Å². The summed E-state index contributed by atoms with van der Waals surface area (Å²) < 4.78 is 2.11. The summed E-state index contributed by atoms with van der Waals surface area (Å²) in [6, 6.07) is 4.16. The largest absolute Gasteiger partial charge is 0.341 e. The molecule has 0 fully saturated rings. The van der Waals surface area contributed by atoms with Crippen LogP contribution in [0.5, 0.6) is 0 Å². The van der Waals surface area contributed by atoms with Crippen LogP contribution in [-0.4, -0.2) is 23.4 Å². The van der Waals surface area contributed by atoms with Gasteiger partial charge in [-0.1, -0.05) is 13.8 Å². The van der Waals surface area contributed by atoms with Gasteiger partial charge in [0.25, 0.3) is 0 Å². The second-order valence-electron chi connectivity index (χ2n) is 4.86. The minimum Gasteiger partial charge on any atom is -0.341 e. The lowest BCUT2D eigenvalue weighted by Gasteiger charge is -2.38. The average molecular weight is 206 g/mol. The van der Waals surface area contributed by atoms with Gasteiger partial charge < -0.3 is 9.88 Å². The topological polar surface area (TPSA) is 34.0 Å². The van der Waals surface area contributed by atoms with Crippen LogP contribution in [0.25, 0.3) is 0 Å². The molecule has 15 heavy (non-hydrogen) atoms. The molecule has 0 aliphatic carbocycles. The molecule has 2 rings (SSSR count). The zero-order valence-electron chi connectivity index (χ0n) is 9.79. The van der Waals surface area contributed by atoms with Crippen LogP contribution >= 0.6 is 0 Å². The van der Waals surface area contributed by atoms with Gasteiger partial charge in [0.2, 0.25) is 0 Å². The minimum atomic E-state index is -0.310. The van der Waals surface area contributed by atoms with Gasteiger partial charge in [0.05, 0.1) is 5.69 Å². The number of aryl methyl sites for hydroxylation is 1. The van der Waals surface area contributed by atoms with E-state index in [1.807, 2.05) is 40.0 Å². The summed E-state index contributed by atoms with van der Waals surface area (Å²) in [5.74, 6) is 0.237. The highest BCUT2D eigenvalue weighted by Gasteiger charge is 2.42. The van der Waals surface area contributed by atoms with E-state index in [4.69, 9.17) is 0 Å². The first-order valence-electron chi connectivity index (χ1n) is 5.36. The molecule has 1 atom stereocenters. The Labute approximate surface area is 90.5 Å². The van der Waals surface area contributed by atoms with E-state index in [0.717, 1.165) is 17.9 Å². The molecule has 0 radical (unpaired) electrons. The van der Waals surface area contributed by atoms with Crippen molar-refractivity contribution in [1.82, 2.24) is 9.88 Å². The third kappa shape index (κ3) is 1.34. The number of ketones is 1. The normalized spacial score (nSPS) is 24.0. The number of nitrogens with zero attached hydrogens (tertiary/aromatic N) is 1. The van der Waals surface area contributed by atoms with E-state index in [2.05, 4.69) is 9.88 Å². The number of Topliss-reactive ketones (excluding diaryl/α,β-unsaturated/α-hetero) is 1. The van der Waals surface area contributed by atoms with Crippen LogP contribution in [0.15, 0.2) is 12.1 Å². The molecule has 3 nitrogen and oxygen atoms in total. The van der Waals surface area contributed by atoms with E-state index < -0.39 is 0 Å². The fourth-order valence-corrected chi connectivity index (χ4v) is 2.36. The van der Waals surface area contributed by atoms with Gasteiger partial charge in [0.1, 0.15) is 0 Å². The number of likely N-dealkylation sites (N-methyl/N-ethyl adjacent to an activating group) is 1. The van der Waals surface area contributed by atoms with Gasteiger partial charge in [-0.3, -0.25) is 4.79 Å². The number of carbonyl (C=O) groups excluding carboxylic acids is 1. The monoisotopic (exact) mass is 206 g/mol. The van der Waals surface area contributed by atoms with Gasteiger partial charge in [0.15, 0.2) is 5.78 Å². The Morgan fingerprint density at radius 1 is 1.47 bits per heavy atom. The van der Waals surface area contributed by atoms with Gasteiger partial charge in [-0.25, -0.2) is 0 Å². The standard InChI is InChI=1S/C12H18N2O/c1-8-5-6-9-11(15)12(2,3)10(13-4)7-14(8)9/h5-6,10,13H,7H2,1-4H3. The Morgan fingerprint density at radius 2 is 2.13 bits per heavy atom. The molecule has 1 aromatic heterocycles. The quantitative estimate of drug-likeness (QED) is 0.757. The minimum absolute atomic E-state index is 0.212. The lowest BCUT2D eigenvalue weighted by Crippen LogP contribution is -2.52. The zero-order valence-corrected chi connectivity index (χ0v) is 9.79. The van der Waals surface area contributed by atoms with Crippen molar-refractivity contribution in [2.24, 2.45) is 5.41 Å². The van der Waals surface area contributed by atoms with Gasteiger partial charge in [0, 0.05) is 23.7 Å². The summed E-state index contributed by atoms with van der Waals surface area (Å²) in [6.07, 6.45) is 0. The number of aromatic nitrogens is 1. The summed E-state index contributed by atoms with van der Waals surface area (Å²) in [5.41, 5.74) is 1.70. The summed E-state index contributed by atoms with van der Waals surface area (Å²) in [5, 5.41) is 3.24. The van der Waals surface area contributed by atoms with E-state index >= 15 is 0 Å². The van der Waals surface area contributed by atoms with E-state index in [1.54, 1.807) is 0 Å². The third-order valence-electron chi connectivity index (χ3n) is 3.60. The Hall–Kier alpha value is -1.09. The molecular formula is C12H18N2O. The van der Waals surface area contributed by atoms with Crippen LogP contribution < -0.4 is 5.32 Å². The molecule has 1 aliphatic rings. The molecule has 82 valence electrons. The molecule has 0 bridgehead atoms. The molecule has 3 heteroatoms. The van der Waals surface area contributed by atoms with Crippen molar-refractivity contribution in [3.8, 4) is 0 Å². The number of fused-ring (bicyclic) bond motifs is 1. The average Bonchev–Trinajstić information content (AvgIpc) is 2.54.